The van der Waals surface area contributed by atoms with E-state index in [9.17, 15) is 19.5 Å². The van der Waals surface area contributed by atoms with Gasteiger partial charge in [-0.2, -0.15) is 0 Å². The number of aldehydes is 1. The average Bonchev–Trinajstić information content (AvgIpc) is 3.61. The predicted molar refractivity (Wildman–Crippen MR) is 146 cm³/mol. The van der Waals surface area contributed by atoms with Crippen molar-refractivity contribution >= 4 is 23.2 Å². The van der Waals surface area contributed by atoms with Gasteiger partial charge in [0.2, 0.25) is 5.91 Å². The molecule has 0 radical (unpaired) electrons. The van der Waals surface area contributed by atoms with Crippen molar-refractivity contribution in [1.82, 2.24) is 24.7 Å². The number of amides is 1. The zero-order chi connectivity index (χ0) is 27.1. The van der Waals surface area contributed by atoms with Crippen molar-refractivity contribution in [3.05, 3.63) is 34.2 Å². The number of carbonyl (C=O) groups excluding carboxylic acids is 2. The molecule has 2 aromatic rings. The maximum atomic E-state index is 13.2. The van der Waals surface area contributed by atoms with E-state index in [2.05, 4.69) is 15.5 Å². The Morgan fingerprint density at radius 1 is 1.24 bits per heavy atom. The highest BCUT2D eigenvalue weighted by Gasteiger charge is 2.35. The van der Waals surface area contributed by atoms with Crippen LogP contribution in [0.3, 0.4) is 0 Å². The summed E-state index contributed by atoms with van der Waals surface area (Å²) >= 11 is 0. The topological polar surface area (TPSA) is 118 Å². The van der Waals surface area contributed by atoms with Gasteiger partial charge in [-0.05, 0) is 64.1 Å². The summed E-state index contributed by atoms with van der Waals surface area (Å²) in [7, 11) is 3.22. The molecule has 4 unspecified atom stereocenters. The predicted octanol–water partition coefficient (Wildman–Crippen LogP) is 1.48. The second kappa shape index (κ2) is 13.5. The third kappa shape index (κ3) is 6.20. The van der Waals surface area contributed by atoms with E-state index in [1.54, 1.807) is 11.6 Å². The molecule has 0 saturated carbocycles. The van der Waals surface area contributed by atoms with Crippen LogP contribution in [0.4, 0.5) is 0 Å². The molecule has 38 heavy (non-hydrogen) atoms. The minimum absolute atomic E-state index is 0.0480. The number of likely N-dealkylation sites (N-methyl/N-ethyl adjacent to an activating group) is 1. The molecule has 1 aromatic carbocycles. The number of aryl methyl sites for hydroxylation is 1. The highest BCUT2D eigenvalue weighted by molar-refractivity contribution is 5.85. The Balaban J connectivity index is 1.41. The van der Waals surface area contributed by atoms with Gasteiger partial charge in [0.15, 0.2) is 0 Å². The molecule has 2 aliphatic rings. The Labute approximate surface area is 224 Å². The second-order valence-corrected chi connectivity index (χ2v) is 10.6. The van der Waals surface area contributed by atoms with Gasteiger partial charge in [-0.25, -0.2) is 4.79 Å². The van der Waals surface area contributed by atoms with Crippen LogP contribution in [0.15, 0.2) is 23.0 Å². The molecular formula is C28H43N5O5. The average molecular weight is 530 g/mol. The highest BCUT2D eigenvalue weighted by atomic mass is 16.5. The van der Waals surface area contributed by atoms with Crippen molar-refractivity contribution in [1.29, 1.82) is 0 Å². The van der Waals surface area contributed by atoms with Crippen molar-refractivity contribution in [2.45, 2.75) is 82.2 Å². The maximum Gasteiger partial charge on any atom is 0.329 e. The van der Waals surface area contributed by atoms with Crippen LogP contribution in [0.1, 0.15) is 63.0 Å². The van der Waals surface area contributed by atoms with Crippen molar-refractivity contribution in [3.8, 4) is 0 Å². The molecule has 2 aliphatic heterocycles. The summed E-state index contributed by atoms with van der Waals surface area (Å²) in [5.74, 6) is -0.309. The summed E-state index contributed by atoms with van der Waals surface area (Å²) in [6, 6.07) is 6.24. The SMILES string of the molecule is CNC(=O)C(CCC=O)n1c(=O)n(C)c2c(COC(CCO)CCNCC3CCC4CCCN43)cccc21. The Morgan fingerprint density at radius 3 is 2.84 bits per heavy atom. The first-order chi connectivity index (χ1) is 18.5. The van der Waals surface area contributed by atoms with Crippen molar-refractivity contribution < 1.29 is 19.4 Å². The third-order valence-electron chi connectivity index (χ3n) is 8.28. The number of hydrogen-bond donors (Lipinski definition) is 3. The molecule has 10 nitrogen and oxygen atoms in total. The van der Waals surface area contributed by atoms with E-state index in [4.69, 9.17) is 4.74 Å². The van der Waals surface area contributed by atoms with Gasteiger partial charge in [0.05, 0.1) is 23.7 Å². The van der Waals surface area contributed by atoms with Crippen LogP contribution in [-0.2, 0) is 28.0 Å². The fourth-order valence-corrected chi connectivity index (χ4v) is 6.32. The molecule has 1 aromatic heterocycles. The van der Waals surface area contributed by atoms with Crippen molar-refractivity contribution in [2.24, 2.45) is 7.05 Å². The number of rotatable bonds is 15. The van der Waals surface area contributed by atoms with E-state index in [0.717, 1.165) is 37.4 Å². The number of hydrogen-bond acceptors (Lipinski definition) is 7. The Bertz CT molecular complexity index is 1140. The number of aliphatic hydroxyl groups excluding tert-OH is 1. The molecular weight excluding hydrogens is 486 g/mol. The lowest BCUT2D eigenvalue weighted by Crippen LogP contribution is -2.39. The van der Waals surface area contributed by atoms with Crippen LogP contribution in [0.25, 0.3) is 11.0 Å². The number of benzene rings is 1. The molecule has 210 valence electrons. The van der Waals surface area contributed by atoms with Gasteiger partial charge in [-0.15, -0.1) is 0 Å². The van der Waals surface area contributed by atoms with Crippen molar-refractivity contribution in [2.75, 3.05) is 33.3 Å². The number of imidazole rings is 1. The lowest BCUT2D eigenvalue weighted by molar-refractivity contribution is -0.124. The van der Waals surface area contributed by atoms with Crippen LogP contribution >= 0.6 is 0 Å². The van der Waals surface area contributed by atoms with E-state index < -0.39 is 6.04 Å². The number of aliphatic hydroxyl groups is 1. The molecule has 2 saturated heterocycles. The van der Waals surface area contributed by atoms with Gasteiger partial charge in [0.25, 0.3) is 0 Å². The van der Waals surface area contributed by atoms with E-state index in [-0.39, 0.29) is 43.8 Å². The largest absolute Gasteiger partial charge is 0.396 e. The van der Waals surface area contributed by atoms with E-state index in [1.165, 1.54) is 43.8 Å². The molecule has 3 heterocycles. The summed E-state index contributed by atoms with van der Waals surface area (Å²) in [6.07, 6.45) is 7.65. The van der Waals surface area contributed by atoms with Gasteiger partial charge in [-0.1, -0.05) is 12.1 Å². The minimum Gasteiger partial charge on any atom is -0.396 e. The van der Waals surface area contributed by atoms with Crippen LogP contribution < -0.4 is 16.3 Å². The first kappa shape index (κ1) is 28.5. The highest BCUT2D eigenvalue weighted by Crippen LogP contribution is 2.32. The summed E-state index contributed by atoms with van der Waals surface area (Å²) in [6.45, 7) is 3.38. The number of nitrogens with zero attached hydrogens (tertiary/aromatic N) is 3. The minimum atomic E-state index is -0.776. The Morgan fingerprint density at radius 2 is 2.08 bits per heavy atom. The fourth-order valence-electron chi connectivity index (χ4n) is 6.32. The van der Waals surface area contributed by atoms with Crippen LogP contribution in [0, 0.1) is 0 Å². The standard InChI is InChI=1S/C28H43N5O5/c1-29-27(36)25(9-5-16-34)33-24-8-3-6-20(26(24)31(2)28(33)37)19-38-23(13-17-35)12-14-30-18-22-11-10-21-7-4-15-32(21)22/h3,6,8,16,21-23,25,30,35H,4-5,7,9-15,17-19H2,1-2H3,(H,29,36). The molecule has 0 spiro atoms. The third-order valence-corrected chi connectivity index (χ3v) is 8.28. The quantitative estimate of drug-likeness (QED) is 0.236. The molecule has 1 amide bonds. The zero-order valence-corrected chi connectivity index (χ0v) is 22.7. The van der Waals surface area contributed by atoms with Gasteiger partial charge < -0.3 is 25.3 Å². The van der Waals surface area contributed by atoms with Gasteiger partial charge in [0, 0.05) is 51.3 Å². The Kier molecular flexibility index (Phi) is 10.1. The summed E-state index contributed by atoms with van der Waals surface area (Å²) in [5.41, 5.74) is 1.87. The fraction of sp³-hybridized carbons (Fsp3) is 0.679. The number of para-hydroxylation sites is 1. The molecule has 3 N–H and O–H groups in total. The smallest absolute Gasteiger partial charge is 0.329 e. The Hall–Kier alpha value is -2.53. The summed E-state index contributed by atoms with van der Waals surface area (Å²) in [4.78, 5) is 39.5. The number of carbonyl (C=O) groups is 2. The normalized spacial score (nSPS) is 21.0. The molecule has 2 fully saturated rings. The second-order valence-electron chi connectivity index (χ2n) is 10.6. The zero-order valence-electron chi connectivity index (χ0n) is 22.7. The number of ether oxygens (including phenoxy) is 1. The van der Waals surface area contributed by atoms with Gasteiger partial charge in [-0.3, -0.25) is 18.8 Å². The van der Waals surface area contributed by atoms with Crippen LogP contribution in [-0.4, -0.2) is 82.8 Å². The van der Waals surface area contributed by atoms with Crippen LogP contribution in [0.5, 0.6) is 0 Å². The molecule has 0 aliphatic carbocycles. The first-order valence-electron chi connectivity index (χ1n) is 14.0. The molecule has 4 rings (SSSR count). The van der Waals surface area contributed by atoms with Crippen molar-refractivity contribution in [3.63, 3.8) is 0 Å². The number of fused-ring (bicyclic) bond motifs is 2. The first-order valence-corrected chi connectivity index (χ1v) is 14.0. The van der Waals surface area contributed by atoms with E-state index >= 15 is 0 Å². The lowest BCUT2D eigenvalue weighted by atomic mass is 10.1. The molecule has 4 atom stereocenters. The molecule has 0 bridgehead atoms. The summed E-state index contributed by atoms with van der Waals surface area (Å²) < 4.78 is 9.27. The molecule has 10 heteroatoms. The number of nitrogens with one attached hydrogen (secondary N) is 2. The lowest BCUT2D eigenvalue weighted by Gasteiger charge is -2.24. The van der Waals surface area contributed by atoms with E-state index in [1.807, 2.05) is 18.2 Å². The number of aromatic nitrogens is 2. The van der Waals surface area contributed by atoms with E-state index in [0.29, 0.717) is 23.5 Å². The van der Waals surface area contributed by atoms with Gasteiger partial charge >= 0.3 is 5.69 Å². The summed E-state index contributed by atoms with van der Waals surface area (Å²) in [5, 5.41) is 15.8. The maximum absolute atomic E-state index is 13.2. The van der Waals surface area contributed by atoms with Crippen LogP contribution in [0.2, 0.25) is 0 Å². The monoisotopic (exact) mass is 529 g/mol. The van der Waals surface area contributed by atoms with Gasteiger partial charge in [0.1, 0.15) is 12.3 Å².